The van der Waals surface area contributed by atoms with Crippen LogP contribution in [0.25, 0.3) is 0 Å². The van der Waals surface area contributed by atoms with E-state index in [2.05, 4.69) is 28.6 Å². The van der Waals surface area contributed by atoms with E-state index in [1.807, 2.05) is 0 Å². The lowest BCUT2D eigenvalue weighted by molar-refractivity contribution is -0.141. The zero-order valence-corrected chi connectivity index (χ0v) is 19.2. The zero-order valence-electron chi connectivity index (χ0n) is 18.3. The number of carboxylic acid groups (broad SMARTS) is 2. The molecule has 10 N–H and O–H groups in total. The standard InChI is InChI=1S/C20H27N5O9S/c21-11(6-16(28)29)17(30)23-13(7-15(22)27)19(32)24-12(5-9-1-3-10(26)4-2-9)18(31)25-14(8-35)20(33)34/h1-4,11-14,26,35H,5-8,21H2,(H2,22,27)(H,23,30)(H,24,32)(H,25,31)(H,28,29)(H,33,34). The number of aromatic hydroxyl groups is 1. The fraction of sp³-hybridized carbons (Fsp3) is 0.400. The Morgan fingerprint density at radius 2 is 1.34 bits per heavy atom. The minimum atomic E-state index is -1.60. The van der Waals surface area contributed by atoms with Crippen molar-refractivity contribution in [3.8, 4) is 5.75 Å². The molecule has 1 aromatic rings. The molecule has 0 heterocycles. The zero-order chi connectivity index (χ0) is 26.7. The van der Waals surface area contributed by atoms with Gasteiger partial charge in [-0.1, -0.05) is 12.1 Å². The number of aliphatic carboxylic acids is 2. The largest absolute Gasteiger partial charge is 0.508 e. The fourth-order valence-corrected chi connectivity index (χ4v) is 3.02. The summed E-state index contributed by atoms with van der Waals surface area (Å²) in [5, 5.41) is 34.1. The van der Waals surface area contributed by atoms with Crippen molar-refractivity contribution in [1.82, 2.24) is 16.0 Å². The van der Waals surface area contributed by atoms with E-state index in [0.717, 1.165) is 0 Å². The van der Waals surface area contributed by atoms with Crippen molar-refractivity contribution in [3.63, 3.8) is 0 Å². The van der Waals surface area contributed by atoms with E-state index in [9.17, 15) is 39.0 Å². The number of amides is 4. The third-order valence-corrected chi connectivity index (χ3v) is 4.94. The van der Waals surface area contributed by atoms with Gasteiger partial charge in [0.15, 0.2) is 0 Å². The molecule has 0 aliphatic heterocycles. The van der Waals surface area contributed by atoms with E-state index >= 15 is 0 Å². The molecular weight excluding hydrogens is 486 g/mol. The molecule has 0 radical (unpaired) electrons. The Kier molecular flexibility index (Phi) is 11.5. The maximum absolute atomic E-state index is 12.9. The van der Waals surface area contributed by atoms with Crippen LogP contribution in [0.15, 0.2) is 24.3 Å². The van der Waals surface area contributed by atoms with Crippen LogP contribution < -0.4 is 27.4 Å². The summed E-state index contributed by atoms with van der Waals surface area (Å²) in [5.74, 6) is -7.01. The predicted octanol–water partition coefficient (Wildman–Crippen LogP) is -2.92. The van der Waals surface area contributed by atoms with Gasteiger partial charge >= 0.3 is 11.9 Å². The number of hydrogen-bond donors (Lipinski definition) is 9. The number of benzene rings is 1. The van der Waals surface area contributed by atoms with Crippen molar-refractivity contribution in [2.75, 3.05) is 5.75 Å². The van der Waals surface area contributed by atoms with Crippen molar-refractivity contribution >= 4 is 48.2 Å². The molecule has 0 fully saturated rings. The molecule has 15 heteroatoms. The summed E-state index contributed by atoms with van der Waals surface area (Å²) in [7, 11) is 0. The van der Waals surface area contributed by atoms with Crippen LogP contribution in [-0.2, 0) is 35.2 Å². The topological polar surface area (TPSA) is 251 Å². The number of nitrogens with two attached hydrogens (primary N) is 2. The average Bonchev–Trinajstić information content (AvgIpc) is 2.76. The molecule has 0 bridgehead atoms. The van der Waals surface area contributed by atoms with Crippen LogP contribution in [0.4, 0.5) is 0 Å². The Hall–Kier alpha value is -3.85. The second-order valence-electron chi connectivity index (χ2n) is 7.45. The molecule has 1 aromatic carbocycles. The average molecular weight is 514 g/mol. The highest BCUT2D eigenvalue weighted by atomic mass is 32.1. The molecule has 192 valence electrons. The van der Waals surface area contributed by atoms with Crippen molar-refractivity contribution in [2.24, 2.45) is 11.5 Å². The summed E-state index contributed by atoms with van der Waals surface area (Å²) in [6.07, 6.45) is -1.60. The van der Waals surface area contributed by atoms with E-state index in [1.54, 1.807) is 0 Å². The van der Waals surface area contributed by atoms with Gasteiger partial charge in [0.05, 0.1) is 18.9 Å². The van der Waals surface area contributed by atoms with Gasteiger partial charge in [-0.2, -0.15) is 12.6 Å². The molecular formula is C20H27N5O9S. The summed E-state index contributed by atoms with van der Waals surface area (Å²) >= 11 is 3.87. The van der Waals surface area contributed by atoms with Gasteiger partial charge in [0.25, 0.3) is 0 Å². The summed E-state index contributed by atoms with van der Waals surface area (Å²) in [4.78, 5) is 71.3. The Labute approximate surface area is 204 Å². The first-order valence-corrected chi connectivity index (χ1v) is 10.8. The number of primary amides is 1. The lowest BCUT2D eigenvalue weighted by atomic mass is 10.0. The number of hydrogen-bond acceptors (Lipinski definition) is 9. The van der Waals surface area contributed by atoms with E-state index < -0.39 is 72.6 Å². The molecule has 0 spiro atoms. The smallest absolute Gasteiger partial charge is 0.327 e. The Morgan fingerprint density at radius 3 is 1.83 bits per heavy atom. The minimum Gasteiger partial charge on any atom is -0.508 e. The van der Waals surface area contributed by atoms with Crippen LogP contribution >= 0.6 is 12.6 Å². The van der Waals surface area contributed by atoms with E-state index in [1.165, 1.54) is 24.3 Å². The summed E-state index contributed by atoms with van der Waals surface area (Å²) in [6, 6.07) is -0.298. The van der Waals surface area contributed by atoms with Gasteiger partial charge in [-0.15, -0.1) is 0 Å². The van der Waals surface area contributed by atoms with Gasteiger partial charge < -0.3 is 42.7 Å². The monoisotopic (exact) mass is 513 g/mol. The van der Waals surface area contributed by atoms with Crippen LogP contribution in [0.2, 0.25) is 0 Å². The highest BCUT2D eigenvalue weighted by Gasteiger charge is 2.31. The highest BCUT2D eigenvalue weighted by Crippen LogP contribution is 2.12. The van der Waals surface area contributed by atoms with Gasteiger partial charge in [0.2, 0.25) is 23.6 Å². The number of rotatable bonds is 14. The third-order valence-electron chi connectivity index (χ3n) is 4.58. The molecule has 14 nitrogen and oxygen atoms in total. The molecule has 4 atom stereocenters. The third kappa shape index (κ3) is 10.3. The lowest BCUT2D eigenvalue weighted by Crippen LogP contribution is -2.58. The molecule has 0 saturated heterocycles. The normalized spacial score (nSPS) is 14.0. The number of nitrogens with one attached hydrogen (secondary N) is 3. The predicted molar refractivity (Wildman–Crippen MR) is 123 cm³/mol. The van der Waals surface area contributed by atoms with Crippen molar-refractivity contribution in [1.29, 1.82) is 0 Å². The lowest BCUT2D eigenvalue weighted by Gasteiger charge is -2.24. The highest BCUT2D eigenvalue weighted by molar-refractivity contribution is 7.80. The number of carbonyl (C=O) groups excluding carboxylic acids is 4. The van der Waals surface area contributed by atoms with Crippen LogP contribution in [-0.4, -0.2) is 80.8 Å². The molecule has 0 aliphatic rings. The Morgan fingerprint density at radius 1 is 0.829 bits per heavy atom. The van der Waals surface area contributed by atoms with Crippen LogP contribution in [0.5, 0.6) is 5.75 Å². The summed E-state index contributed by atoms with van der Waals surface area (Å²) in [6.45, 7) is 0. The molecule has 35 heavy (non-hydrogen) atoms. The summed E-state index contributed by atoms with van der Waals surface area (Å²) < 4.78 is 0. The number of phenolic OH excluding ortho intramolecular Hbond substituents is 1. The number of thiol groups is 1. The minimum absolute atomic E-state index is 0.0539. The molecule has 0 aromatic heterocycles. The maximum Gasteiger partial charge on any atom is 0.327 e. The van der Waals surface area contributed by atoms with E-state index in [4.69, 9.17) is 16.6 Å². The van der Waals surface area contributed by atoms with Crippen LogP contribution in [0.1, 0.15) is 18.4 Å². The Balaban J connectivity index is 3.13. The Bertz CT molecular complexity index is 957. The first-order valence-electron chi connectivity index (χ1n) is 10.1. The van der Waals surface area contributed by atoms with Gasteiger partial charge in [0, 0.05) is 12.2 Å². The maximum atomic E-state index is 12.9. The van der Waals surface area contributed by atoms with Crippen molar-refractivity contribution in [3.05, 3.63) is 29.8 Å². The summed E-state index contributed by atoms with van der Waals surface area (Å²) in [5.41, 5.74) is 11.1. The quantitative estimate of drug-likeness (QED) is 0.115. The number of carboxylic acids is 2. The first kappa shape index (κ1) is 29.2. The van der Waals surface area contributed by atoms with Gasteiger partial charge in [-0.3, -0.25) is 24.0 Å². The van der Waals surface area contributed by atoms with E-state index in [-0.39, 0.29) is 17.9 Å². The second-order valence-corrected chi connectivity index (χ2v) is 7.81. The van der Waals surface area contributed by atoms with Crippen molar-refractivity contribution < 1.29 is 44.1 Å². The van der Waals surface area contributed by atoms with E-state index in [0.29, 0.717) is 5.56 Å². The second kappa shape index (κ2) is 13.8. The molecule has 0 aliphatic carbocycles. The van der Waals surface area contributed by atoms with Gasteiger partial charge in [0.1, 0.15) is 23.9 Å². The van der Waals surface area contributed by atoms with Crippen LogP contribution in [0.3, 0.4) is 0 Å². The first-order chi connectivity index (χ1) is 16.3. The van der Waals surface area contributed by atoms with Gasteiger partial charge in [-0.25, -0.2) is 4.79 Å². The number of carbonyl (C=O) groups is 6. The SMILES string of the molecule is NC(=O)CC(NC(=O)C(N)CC(=O)O)C(=O)NC(Cc1ccc(O)cc1)C(=O)NC(CS)C(=O)O. The molecule has 1 rings (SSSR count). The molecule has 4 amide bonds. The van der Waals surface area contributed by atoms with Crippen molar-refractivity contribution in [2.45, 2.75) is 43.4 Å². The fourth-order valence-electron chi connectivity index (χ4n) is 2.78. The number of phenols is 1. The molecule has 4 unspecified atom stereocenters. The molecule has 0 saturated carbocycles. The van der Waals surface area contributed by atoms with Crippen LogP contribution in [0, 0.1) is 0 Å². The van der Waals surface area contributed by atoms with Gasteiger partial charge in [-0.05, 0) is 17.7 Å².